The number of hydrogen-bond acceptors (Lipinski definition) is 4. The Balaban J connectivity index is 2.49. The normalized spacial score (nSPS) is 12.6. The second kappa shape index (κ2) is 12.4. The largest absolute Gasteiger partial charge is 0.416 e. The first-order chi connectivity index (χ1) is 16.8. The molecule has 1 atom stereocenters. The van der Waals surface area contributed by atoms with Crippen molar-refractivity contribution in [1.29, 1.82) is 0 Å². The van der Waals surface area contributed by atoms with E-state index in [2.05, 4.69) is 5.32 Å². The van der Waals surface area contributed by atoms with Crippen molar-refractivity contribution < 1.29 is 31.2 Å². The summed E-state index contributed by atoms with van der Waals surface area (Å²) in [7, 11) is -4.16. The van der Waals surface area contributed by atoms with Gasteiger partial charge in [0.1, 0.15) is 12.6 Å². The molecule has 0 saturated carbocycles. The Bertz CT molecular complexity index is 1180. The Hall–Kier alpha value is -2.79. The van der Waals surface area contributed by atoms with Crippen LogP contribution in [-0.4, -0.2) is 50.5 Å². The van der Waals surface area contributed by atoms with Gasteiger partial charge in [-0.3, -0.25) is 13.9 Å². The molecule has 0 spiro atoms. The molecular formula is C24H29ClF3N3O4S. The number of anilines is 1. The molecule has 2 aromatic rings. The van der Waals surface area contributed by atoms with Crippen LogP contribution in [-0.2, 0) is 32.3 Å². The molecule has 36 heavy (non-hydrogen) atoms. The lowest BCUT2D eigenvalue weighted by atomic mass is 10.1. The van der Waals surface area contributed by atoms with Gasteiger partial charge in [-0.15, -0.1) is 0 Å². The van der Waals surface area contributed by atoms with Crippen LogP contribution in [0.1, 0.15) is 37.8 Å². The van der Waals surface area contributed by atoms with E-state index in [0.717, 1.165) is 18.4 Å². The molecule has 2 rings (SSSR count). The van der Waals surface area contributed by atoms with E-state index >= 15 is 0 Å². The van der Waals surface area contributed by atoms with Gasteiger partial charge in [0.05, 0.1) is 17.5 Å². The van der Waals surface area contributed by atoms with E-state index in [0.29, 0.717) is 33.9 Å². The SMILES string of the molecule is CCCNC(=O)[C@H](CC)N(Cc1ccccc1Cl)C(=O)CN(c1cccc(C(F)(F)F)c1)S(C)(=O)=O. The van der Waals surface area contributed by atoms with Gasteiger partial charge in [0, 0.05) is 18.1 Å². The van der Waals surface area contributed by atoms with Gasteiger partial charge in [-0.1, -0.05) is 49.7 Å². The second-order valence-electron chi connectivity index (χ2n) is 8.15. The molecule has 1 N–H and O–H groups in total. The minimum atomic E-state index is -4.70. The predicted molar refractivity (Wildman–Crippen MR) is 133 cm³/mol. The molecule has 0 saturated heterocycles. The highest BCUT2D eigenvalue weighted by molar-refractivity contribution is 7.92. The molecule has 0 radical (unpaired) electrons. The predicted octanol–water partition coefficient (Wildman–Crippen LogP) is 4.46. The minimum Gasteiger partial charge on any atom is -0.354 e. The standard InChI is InChI=1S/C24H29ClF3N3O4S/c1-4-13-29-23(33)21(5-2)30(15-17-9-6-7-12-20(17)25)22(32)16-31(36(3,34)35)19-11-8-10-18(14-19)24(26,27)28/h6-12,14,21H,4-5,13,15-16H2,1-3H3,(H,29,33)/t21-/m0/s1. The van der Waals surface area contributed by atoms with Gasteiger partial charge in [-0.05, 0) is 42.7 Å². The highest BCUT2D eigenvalue weighted by Gasteiger charge is 2.34. The molecule has 0 unspecified atom stereocenters. The smallest absolute Gasteiger partial charge is 0.354 e. The number of halogens is 4. The number of benzene rings is 2. The van der Waals surface area contributed by atoms with Crippen molar-refractivity contribution in [1.82, 2.24) is 10.2 Å². The van der Waals surface area contributed by atoms with Crippen LogP contribution in [0.4, 0.5) is 18.9 Å². The van der Waals surface area contributed by atoms with Crippen molar-refractivity contribution in [2.45, 2.75) is 45.5 Å². The molecule has 198 valence electrons. The quantitative estimate of drug-likeness (QED) is 0.450. The third kappa shape index (κ3) is 7.86. The van der Waals surface area contributed by atoms with Crippen LogP contribution in [0.25, 0.3) is 0 Å². The summed E-state index contributed by atoms with van der Waals surface area (Å²) < 4.78 is 65.4. The van der Waals surface area contributed by atoms with Crippen LogP contribution >= 0.6 is 11.6 Å². The van der Waals surface area contributed by atoms with Crippen molar-refractivity contribution in [3.8, 4) is 0 Å². The zero-order valence-electron chi connectivity index (χ0n) is 20.2. The molecule has 12 heteroatoms. The Labute approximate surface area is 214 Å². The van der Waals surface area contributed by atoms with Crippen molar-refractivity contribution in [3.05, 3.63) is 64.7 Å². The Morgan fingerprint density at radius 3 is 2.31 bits per heavy atom. The lowest BCUT2D eigenvalue weighted by molar-refractivity contribution is -0.140. The molecule has 0 fully saturated rings. The summed E-state index contributed by atoms with van der Waals surface area (Å²) in [4.78, 5) is 27.6. The lowest BCUT2D eigenvalue weighted by Gasteiger charge is -2.33. The summed E-state index contributed by atoms with van der Waals surface area (Å²) in [6.07, 6.45) is -3.03. The van der Waals surface area contributed by atoms with Gasteiger partial charge in [-0.2, -0.15) is 13.2 Å². The number of amides is 2. The number of rotatable bonds is 11. The van der Waals surface area contributed by atoms with Gasteiger partial charge >= 0.3 is 6.18 Å². The summed E-state index contributed by atoms with van der Waals surface area (Å²) >= 11 is 6.27. The molecule has 0 heterocycles. The van der Waals surface area contributed by atoms with Gasteiger partial charge in [-0.25, -0.2) is 8.42 Å². The van der Waals surface area contributed by atoms with Crippen LogP contribution in [0, 0.1) is 0 Å². The fourth-order valence-corrected chi connectivity index (χ4v) is 4.58. The fourth-order valence-electron chi connectivity index (χ4n) is 3.55. The van der Waals surface area contributed by atoms with E-state index in [9.17, 15) is 31.2 Å². The third-order valence-corrected chi connectivity index (χ3v) is 6.88. The summed E-state index contributed by atoms with van der Waals surface area (Å²) in [5.41, 5.74) is -0.847. The Morgan fingerprint density at radius 1 is 1.08 bits per heavy atom. The fraction of sp³-hybridized carbons (Fsp3) is 0.417. The first-order valence-electron chi connectivity index (χ1n) is 11.2. The van der Waals surface area contributed by atoms with Gasteiger partial charge in [0.15, 0.2) is 0 Å². The molecule has 0 aliphatic carbocycles. The third-order valence-electron chi connectivity index (χ3n) is 5.37. The monoisotopic (exact) mass is 547 g/mol. The number of carbonyl (C=O) groups excluding carboxylic acids is 2. The molecule has 7 nitrogen and oxygen atoms in total. The average Bonchev–Trinajstić information content (AvgIpc) is 2.80. The van der Waals surface area contributed by atoms with Gasteiger partial charge < -0.3 is 10.2 Å². The average molecular weight is 548 g/mol. The Morgan fingerprint density at radius 2 is 1.75 bits per heavy atom. The van der Waals surface area contributed by atoms with E-state index < -0.39 is 46.2 Å². The molecular weight excluding hydrogens is 519 g/mol. The molecule has 0 bridgehead atoms. The van der Waals surface area contributed by atoms with E-state index in [-0.39, 0.29) is 18.7 Å². The maximum Gasteiger partial charge on any atom is 0.416 e. The number of nitrogens with zero attached hydrogens (tertiary/aromatic N) is 2. The zero-order chi connectivity index (χ0) is 27.1. The molecule has 0 aliphatic rings. The van der Waals surface area contributed by atoms with Gasteiger partial charge in [0.25, 0.3) is 0 Å². The van der Waals surface area contributed by atoms with Crippen molar-refractivity contribution in [2.75, 3.05) is 23.7 Å². The Kier molecular flexibility index (Phi) is 10.2. The number of sulfonamides is 1. The molecule has 2 aromatic carbocycles. The van der Waals surface area contributed by atoms with E-state index in [4.69, 9.17) is 11.6 Å². The maximum absolute atomic E-state index is 13.5. The first kappa shape index (κ1) is 29.4. The second-order valence-corrected chi connectivity index (χ2v) is 10.5. The van der Waals surface area contributed by atoms with E-state index in [1.807, 2.05) is 6.92 Å². The highest BCUT2D eigenvalue weighted by atomic mass is 35.5. The zero-order valence-corrected chi connectivity index (χ0v) is 21.8. The van der Waals surface area contributed by atoms with Crippen LogP contribution < -0.4 is 9.62 Å². The van der Waals surface area contributed by atoms with Crippen molar-refractivity contribution in [2.24, 2.45) is 0 Å². The van der Waals surface area contributed by atoms with E-state index in [1.54, 1.807) is 31.2 Å². The van der Waals surface area contributed by atoms with E-state index in [1.165, 1.54) is 11.0 Å². The molecule has 0 aromatic heterocycles. The highest BCUT2D eigenvalue weighted by Crippen LogP contribution is 2.32. The topological polar surface area (TPSA) is 86.8 Å². The van der Waals surface area contributed by atoms with Crippen LogP contribution in [0.3, 0.4) is 0 Å². The lowest BCUT2D eigenvalue weighted by Crippen LogP contribution is -2.52. The number of nitrogens with one attached hydrogen (secondary N) is 1. The van der Waals surface area contributed by atoms with Gasteiger partial charge in [0.2, 0.25) is 21.8 Å². The summed E-state index contributed by atoms with van der Waals surface area (Å²) in [6, 6.07) is 9.43. The minimum absolute atomic E-state index is 0.100. The number of alkyl halides is 3. The summed E-state index contributed by atoms with van der Waals surface area (Å²) in [6.45, 7) is 3.04. The van der Waals surface area contributed by atoms with Crippen molar-refractivity contribution in [3.63, 3.8) is 0 Å². The van der Waals surface area contributed by atoms with Crippen LogP contribution in [0.2, 0.25) is 5.02 Å². The maximum atomic E-state index is 13.5. The summed E-state index contributed by atoms with van der Waals surface area (Å²) in [5, 5.41) is 3.08. The van der Waals surface area contributed by atoms with Crippen molar-refractivity contribution >= 4 is 39.1 Å². The summed E-state index contributed by atoms with van der Waals surface area (Å²) in [5.74, 6) is -1.19. The van der Waals surface area contributed by atoms with Crippen LogP contribution in [0.15, 0.2) is 48.5 Å². The molecule has 2 amide bonds. The first-order valence-corrected chi connectivity index (χ1v) is 13.5. The number of hydrogen-bond donors (Lipinski definition) is 1. The molecule has 0 aliphatic heterocycles. The number of carbonyl (C=O) groups is 2. The van der Waals surface area contributed by atoms with Crippen LogP contribution in [0.5, 0.6) is 0 Å².